The fourth-order valence-electron chi connectivity index (χ4n) is 3.75. The summed E-state index contributed by atoms with van der Waals surface area (Å²) >= 11 is 14.9. The SMILES string of the molecule is CC1CCc2cc(F)ccc2N1S(=O)(=O)c1ccc(NC(=S)Nc2ccc(Br)cc2Cl)cc1. The number of hydrogen-bond acceptors (Lipinski definition) is 3. The van der Waals surface area contributed by atoms with Crippen molar-refractivity contribution in [2.24, 2.45) is 0 Å². The van der Waals surface area contributed by atoms with Crippen LogP contribution in [0.3, 0.4) is 0 Å². The average Bonchev–Trinajstić information content (AvgIpc) is 2.76. The van der Waals surface area contributed by atoms with E-state index < -0.39 is 10.0 Å². The third kappa shape index (κ3) is 5.16. The zero-order valence-electron chi connectivity index (χ0n) is 17.5. The van der Waals surface area contributed by atoms with Crippen LogP contribution in [0.25, 0.3) is 0 Å². The minimum atomic E-state index is -3.83. The van der Waals surface area contributed by atoms with Gasteiger partial charge in [-0.25, -0.2) is 12.8 Å². The van der Waals surface area contributed by atoms with E-state index in [9.17, 15) is 12.8 Å². The van der Waals surface area contributed by atoms with Crippen molar-refractivity contribution in [3.63, 3.8) is 0 Å². The molecule has 0 fully saturated rings. The molecule has 172 valence electrons. The van der Waals surface area contributed by atoms with Gasteiger partial charge in [0.25, 0.3) is 10.0 Å². The van der Waals surface area contributed by atoms with E-state index in [4.69, 9.17) is 23.8 Å². The number of halogens is 3. The summed E-state index contributed by atoms with van der Waals surface area (Å²) in [6.45, 7) is 1.86. The molecule has 0 amide bonds. The number of nitrogens with one attached hydrogen (secondary N) is 2. The predicted molar refractivity (Wildman–Crippen MR) is 139 cm³/mol. The fraction of sp³-hybridized carbons (Fsp3) is 0.174. The third-order valence-corrected chi connectivity index (χ3v) is 8.31. The maximum Gasteiger partial charge on any atom is 0.264 e. The summed E-state index contributed by atoms with van der Waals surface area (Å²) in [6.07, 6.45) is 1.25. The van der Waals surface area contributed by atoms with Crippen LogP contribution in [-0.4, -0.2) is 19.6 Å². The van der Waals surface area contributed by atoms with Gasteiger partial charge in [-0.2, -0.15) is 0 Å². The maximum atomic E-state index is 13.7. The fourth-order valence-corrected chi connectivity index (χ4v) is 6.43. The molecule has 0 aromatic heterocycles. The molecule has 4 rings (SSSR count). The Morgan fingerprint density at radius 3 is 2.55 bits per heavy atom. The van der Waals surface area contributed by atoms with Crippen LogP contribution in [0.4, 0.5) is 21.5 Å². The summed E-state index contributed by atoms with van der Waals surface area (Å²) in [6, 6.07) is 15.7. The monoisotopic (exact) mass is 567 g/mol. The quantitative estimate of drug-likeness (QED) is 0.348. The van der Waals surface area contributed by atoms with Gasteiger partial charge in [0.1, 0.15) is 5.82 Å². The van der Waals surface area contributed by atoms with Gasteiger partial charge in [0.15, 0.2) is 5.11 Å². The number of nitrogens with zero attached hydrogens (tertiary/aromatic N) is 1. The third-order valence-electron chi connectivity index (χ3n) is 5.36. The van der Waals surface area contributed by atoms with E-state index in [1.807, 2.05) is 13.0 Å². The van der Waals surface area contributed by atoms with E-state index in [-0.39, 0.29) is 16.8 Å². The summed E-state index contributed by atoms with van der Waals surface area (Å²) in [4.78, 5) is 0.145. The molecular formula is C23H20BrClFN3O2S2. The highest BCUT2D eigenvalue weighted by molar-refractivity contribution is 9.10. The van der Waals surface area contributed by atoms with Crippen LogP contribution >= 0.6 is 39.7 Å². The van der Waals surface area contributed by atoms with Crippen molar-refractivity contribution in [2.75, 3.05) is 14.9 Å². The Bertz CT molecular complexity index is 1320. The summed E-state index contributed by atoms with van der Waals surface area (Å²) < 4.78 is 42.8. The first-order valence-electron chi connectivity index (χ1n) is 10.1. The molecule has 0 saturated heterocycles. The van der Waals surface area contributed by atoms with E-state index in [0.29, 0.717) is 45.6 Å². The van der Waals surface area contributed by atoms with Crippen molar-refractivity contribution in [2.45, 2.75) is 30.7 Å². The Morgan fingerprint density at radius 2 is 1.85 bits per heavy atom. The van der Waals surface area contributed by atoms with Gasteiger partial charge < -0.3 is 10.6 Å². The lowest BCUT2D eigenvalue weighted by atomic mass is 9.99. The minimum Gasteiger partial charge on any atom is -0.332 e. The number of aryl methyl sites for hydroxylation is 1. The van der Waals surface area contributed by atoms with E-state index in [2.05, 4.69) is 26.6 Å². The number of rotatable bonds is 4. The van der Waals surface area contributed by atoms with Crippen LogP contribution in [0.15, 0.2) is 70.0 Å². The van der Waals surface area contributed by atoms with Crippen molar-refractivity contribution >= 4 is 71.9 Å². The van der Waals surface area contributed by atoms with Crippen LogP contribution in [0.5, 0.6) is 0 Å². The maximum absolute atomic E-state index is 13.7. The number of hydrogen-bond donors (Lipinski definition) is 2. The largest absolute Gasteiger partial charge is 0.332 e. The van der Waals surface area contributed by atoms with E-state index in [1.165, 1.54) is 34.6 Å². The van der Waals surface area contributed by atoms with E-state index in [1.54, 1.807) is 24.3 Å². The van der Waals surface area contributed by atoms with Gasteiger partial charge in [0.05, 0.1) is 21.3 Å². The molecule has 1 heterocycles. The Morgan fingerprint density at radius 1 is 1.12 bits per heavy atom. The topological polar surface area (TPSA) is 61.4 Å². The Balaban J connectivity index is 1.52. The van der Waals surface area contributed by atoms with Crippen LogP contribution in [0.1, 0.15) is 18.9 Å². The smallest absolute Gasteiger partial charge is 0.264 e. The zero-order chi connectivity index (χ0) is 23.8. The number of anilines is 3. The highest BCUT2D eigenvalue weighted by Gasteiger charge is 2.34. The van der Waals surface area contributed by atoms with Crippen LogP contribution in [0, 0.1) is 5.82 Å². The summed E-state index contributed by atoms with van der Waals surface area (Å²) in [7, 11) is -3.83. The van der Waals surface area contributed by atoms with Crippen molar-refractivity contribution < 1.29 is 12.8 Å². The van der Waals surface area contributed by atoms with Crippen molar-refractivity contribution in [3.05, 3.63) is 81.5 Å². The molecule has 3 aromatic rings. The lowest BCUT2D eigenvalue weighted by molar-refractivity contribution is 0.560. The Kier molecular flexibility index (Phi) is 6.95. The second kappa shape index (κ2) is 9.58. The first-order valence-corrected chi connectivity index (χ1v) is 13.1. The molecule has 10 heteroatoms. The van der Waals surface area contributed by atoms with Gasteiger partial charge in [-0.3, -0.25) is 4.31 Å². The number of sulfonamides is 1. The Labute approximate surface area is 211 Å². The highest BCUT2D eigenvalue weighted by Crippen LogP contribution is 2.36. The summed E-state index contributed by atoms with van der Waals surface area (Å²) in [5.74, 6) is -0.370. The number of thiocarbonyl (C=S) groups is 1. The molecule has 0 radical (unpaired) electrons. The van der Waals surface area contributed by atoms with E-state index in [0.717, 1.165) is 4.47 Å². The molecule has 1 atom stereocenters. The Hall–Kier alpha value is -2.20. The molecule has 0 saturated carbocycles. The molecule has 5 nitrogen and oxygen atoms in total. The first kappa shape index (κ1) is 23.9. The van der Waals surface area contributed by atoms with Crippen LogP contribution < -0.4 is 14.9 Å². The highest BCUT2D eigenvalue weighted by atomic mass is 79.9. The second-order valence-electron chi connectivity index (χ2n) is 7.69. The summed E-state index contributed by atoms with van der Waals surface area (Å²) in [5, 5.41) is 6.86. The molecular weight excluding hydrogens is 549 g/mol. The summed E-state index contributed by atoms with van der Waals surface area (Å²) in [5.41, 5.74) is 2.48. The second-order valence-corrected chi connectivity index (χ2v) is 11.2. The molecule has 1 aliphatic heterocycles. The van der Waals surface area contributed by atoms with Gasteiger partial charge in [-0.1, -0.05) is 27.5 Å². The molecule has 1 unspecified atom stereocenters. The predicted octanol–water partition coefficient (Wildman–Crippen LogP) is 6.58. The average molecular weight is 569 g/mol. The van der Waals surface area contributed by atoms with Gasteiger partial charge in [0, 0.05) is 16.2 Å². The first-order chi connectivity index (χ1) is 15.6. The molecule has 2 N–H and O–H groups in total. The number of benzene rings is 3. The molecule has 3 aromatic carbocycles. The molecule has 0 bridgehead atoms. The molecule has 0 spiro atoms. The van der Waals surface area contributed by atoms with Gasteiger partial charge in [-0.15, -0.1) is 0 Å². The van der Waals surface area contributed by atoms with Crippen molar-refractivity contribution in [3.8, 4) is 0 Å². The van der Waals surface area contributed by atoms with Gasteiger partial charge in [-0.05, 0) is 98.2 Å². The van der Waals surface area contributed by atoms with Crippen LogP contribution in [0.2, 0.25) is 5.02 Å². The lowest BCUT2D eigenvalue weighted by Crippen LogP contribution is -2.42. The normalized spacial score (nSPS) is 15.6. The zero-order valence-corrected chi connectivity index (χ0v) is 21.5. The number of fused-ring (bicyclic) bond motifs is 1. The van der Waals surface area contributed by atoms with Crippen molar-refractivity contribution in [1.29, 1.82) is 0 Å². The molecule has 0 aliphatic carbocycles. The van der Waals surface area contributed by atoms with Gasteiger partial charge >= 0.3 is 0 Å². The van der Waals surface area contributed by atoms with E-state index >= 15 is 0 Å². The molecule has 33 heavy (non-hydrogen) atoms. The lowest BCUT2D eigenvalue weighted by Gasteiger charge is -2.36. The standard InChI is InChI=1S/C23H20BrClFN3O2S2/c1-14-2-3-15-12-17(26)5-11-22(15)29(14)33(30,31)19-8-6-18(7-9-19)27-23(32)28-21-10-4-16(24)13-20(21)25/h4-14H,2-3H2,1H3,(H2,27,28,32). The van der Waals surface area contributed by atoms with Crippen LogP contribution in [-0.2, 0) is 16.4 Å². The minimum absolute atomic E-state index is 0.145. The van der Waals surface area contributed by atoms with Crippen molar-refractivity contribution in [1.82, 2.24) is 0 Å². The molecule has 1 aliphatic rings. The van der Waals surface area contributed by atoms with Gasteiger partial charge in [0.2, 0.25) is 0 Å².